The number of nitrogen functional groups attached to an aromatic ring is 1. The molecule has 0 spiro atoms. The van der Waals surface area contributed by atoms with Crippen LogP contribution in [0.5, 0.6) is 0 Å². The number of nitrogens with one attached hydrogen (secondary N) is 2. The van der Waals surface area contributed by atoms with Gasteiger partial charge in [0.05, 0.1) is 16.7 Å². The van der Waals surface area contributed by atoms with Gasteiger partial charge in [0.2, 0.25) is 0 Å². The average Bonchev–Trinajstić information content (AvgIpc) is 3.25. The molecule has 0 radical (unpaired) electrons. The first-order valence-electron chi connectivity index (χ1n) is 8.24. The zero-order valence-corrected chi connectivity index (χ0v) is 14.7. The number of fused-ring (bicyclic) bond motifs is 1. The monoisotopic (exact) mass is 363 g/mol. The van der Waals surface area contributed by atoms with Crippen molar-refractivity contribution in [2.45, 2.75) is 6.42 Å². The summed E-state index contributed by atoms with van der Waals surface area (Å²) in [5, 5.41) is 3.31. The van der Waals surface area contributed by atoms with Crippen LogP contribution in [-0.2, 0) is 6.42 Å². The summed E-state index contributed by atoms with van der Waals surface area (Å²) in [4.78, 5) is 25.2. The SMILES string of the molecule is Nc1nc(-c2ccccc2)c(C(=O)NCCc2nc3ccccc3[nH]2)s1. The number of H-pyrrole nitrogens is 1. The molecule has 130 valence electrons. The van der Waals surface area contributed by atoms with Crippen LogP contribution >= 0.6 is 11.3 Å². The van der Waals surface area contributed by atoms with Gasteiger partial charge in [0.15, 0.2) is 5.13 Å². The number of benzene rings is 2. The number of hydrogen-bond acceptors (Lipinski definition) is 5. The summed E-state index contributed by atoms with van der Waals surface area (Å²) in [5.41, 5.74) is 9.25. The van der Waals surface area contributed by atoms with Gasteiger partial charge in [0.1, 0.15) is 10.7 Å². The molecule has 7 heteroatoms. The van der Waals surface area contributed by atoms with E-state index < -0.39 is 0 Å². The first-order valence-corrected chi connectivity index (χ1v) is 9.06. The number of imidazole rings is 1. The quantitative estimate of drug-likeness (QED) is 0.507. The third kappa shape index (κ3) is 3.29. The molecule has 0 unspecified atom stereocenters. The Balaban J connectivity index is 1.45. The maximum atomic E-state index is 12.6. The highest BCUT2D eigenvalue weighted by molar-refractivity contribution is 7.17. The van der Waals surface area contributed by atoms with E-state index in [1.54, 1.807) is 0 Å². The van der Waals surface area contributed by atoms with E-state index in [0.717, 1.165) is 22.4 Å². The normalized spacial score (nSPS) is 10.9. The van der Waals surface area contributed by atoms with Crippen molar-refractivity contribution in [1.29, 1.82) is 0 Å². The van der Waals surface area contributed by atoms with Crippen LogP contribution in [0, 0.1) is 0 Å². The molecule has 26 heavy (non-hydrogen) atoms. The first-order chi connectivity index (χ1) is 12.7. The van der Waals surface area contributed by atoms with Crippen molar-refractivity contribution >= 4 is 33.4 Å². The highest BCUT2D eigenvalue weighted by Gasteiger charge is 2.18. The second kappa shape index (κ2) is 6.97. The van der Waals surface area contributed by atoms with Gasteiger partial charge in [-0.05, 0) is 12.1 Å². The zero-order chi connectivity index (χ0) is 17.9. The van der Waals surface area contributed by atoms with E-state index in [9.17, 15) is 4.79 Å². The number of nitrogens with two attached hydrogens (primary N) is 1. The molecule has 0 atom stereocenters. The molecule has 0 aliphatic carbocycles. The molecule has 1 amide bonds. The number of hydrogen-bond donors (Lipinski definition) is 3. The van der Waals surface area contributed by atoms with E-state index in [1.165, 1.54) is 11.3 Å². The molecule has 4 aromatic rings. The Bertz CT molecular complexity index is 1020. The van der Waals surface area contributed by atoms with E-state index >= 15 is 0 Å². The number of carbonyl (C=O) groups excluding carboxylic acids is 1. The van der Waals surface area contributed by atoms with Gasteiger partial charge < -0.3 is 16.0 Å². The minimum absolute atomic E-state index is 0.172. The van der Waals surface area contributed by atoms with Crippen molar-refractivity contribution in [1.82, 2.24) is 20.3 Å². The molecule has 2 aromatic heterocycles. The standard InChI is InChI=1S/C19H17N5OS/c20-19-24-16(12-6-2-1-3-7-12)17(26-19)18(25)21-11-10-15-22-13-8-4-5-9-14(13)23-15/h1-9H,10-11H2,(H2,20,24)(H,21,25)(H,22,23). The summed E-state index contributed by atoms with van der Waals surface area (Å²) >= 11 is 1.20. The Morgan fingerprint density at radius 3 is 2.65 bits per heavy atom. The van der Waals surface area contributed by atoms with Crippen LogP contribution in [0.25, 0.3) is 22.3 Å². The van der Waals surface area contributed by atoms with Crippen molar-refractivity contribution in [2.75, 3.05) is 12.3 Å². The number of thiazole rings is 1. The molecule has 0 bridgehead atoms. The van der Waals surface area contributed by atoms with Crippen molar-refractivity contribution in [3.8, 4) is 11.3 Å². The third-order valence-electron chi connectivity index (χ3n) is 3.98. The minimum Gasteiger partial charge on any atom is -0.375 e. The molecule has 0 saturated heterocycles. The van der Waals surface area contributed by atoms with Gasteiger partial charge in [0, 0.05) is 18.5 Å². The van der Waals surface area contributed by atoms with Gasteiger partial charge in [-0.2, -0.15) is 0 Å². The number of carbonyl (C=O) groups is 1. The number of para-hydroxylation sites is 2. The van der Waals surface area contributed by atoms with E-state index in [4.69, 9.17) is 5.73 Å². The maximum absolute atomic E-state index is 12.6. The summed E-state index contributed by atoms with van der Waals surface area (Å²) in [6, 6.07) is 17.4. The molecule has 4 rings (SSSR count). The maximum Gasteiger partial charge on any atom is 0.263 e. The highest BCUT2D eigenvalue weighted by atomic mass is 32.1. The van der Waals surface area contributed by atoms with Crippen LogP contribution < -0.4 is 11.1 Å². The van der Waals surface area contributed by atoms with Gasteiger partial charge >= 0.3 is 0 Å². The predicted octanol–water partition coefficient (Wildman–Crippen LogP) is 3.24. The molecule has 2 aromatic carbocycles. The highest BCUT2D eigenvalue weighted by Crippen LogP contribution is 2.29. The van der Waals surface area contributed by atoms with Crippen LogP contribution in [0.1, 0.15) is 15.5 Å². The molecule has 6 nitrogen and oxygen atoms in total. The molecule has 0 saturated carbocycles. The summed E-state index contributed by atoms with van der Waals surface area (Å²) < 4.78 is 0. The zero-order valence-electron chi connectivity index (χ0n) is 13.9. The lowest BCUT2D eigenvalue weighted by Crippen LogP contribution is -2.25. The molecule has 2 heterocycles. The molecule has 0 aliphatic rings. The van der Waals surface area contributed by atoms with Gasteiger partial charge in [-0.25, -0.2) is 9.97 Å². The predicted molar refractivity (Wildman–Crippen MR) is 104 cm³/mol. The fourth-order valence-corrected chi connectivity index (χ4v) is 3.55. The Morgan fingerprint density at radius 1 is 1.08 bits per heavy atom. The number of nitrogens with zero attached hydrogens (tertiary/aromatic N) is 2. The van der Waals surface area contributed by atoms with Crippen LogP contribution in [0.15, 0.2) is 54.6 Å². The fraction of sp³-hybridized carbons (Fsp3) is 0.105. The number of aromatic nitrogens is 3. The van der Waals surface area contributed by atoms with Crippen molar-refractivity contribution in [2.24, 2.45) is 0 Å². The lowest BCUT2D eigenvalue weighted by molar-refractivity contribution is 0.0958. The lowest BCUT2D eigenvalue weighted by atomic mass is 10.1. The topological polar surface area (TPSA) is 96.7 Å². The molecule has 0 aliphatic heterocycles. The number of amides is 1. The van der Waals surface area contributed by atoms with Gasteiger partial charge in [-0.3, -0.25) is 4.79 Å². The largest absolute Gasteiger partial charge is 0.375 e. The summed E-state index contributed by atoms with van der Waals surface area (Å²) in [5.74, 6) is 0.674. The third-order valence-corrected chi connectivity index (χ3v) is 4.87. The van der Waals surface area contributed by atoms with E-state index in [0.29, 0.717) is 28.7 Å². The van der Waals surface area contributed by atoms with Crippen molar-refractivity contribution < 1.29 is 4.79 Å². The molecular weight excluding hydrogens is 346 g/mol. The van der Waals surface area contributed by atoms with Gasteiger partial charge in [-0.15, -0.1) is 0 Å². The Morgan fingerprint density at radius 2 is 1.85 bits per heavy atom. The second-order valence-electron chi connectivity index (χ2n) is 5.80. The number of anilines is 1. The second-order valence-corrected chi connectivity index (χ2v) is 6.83. The lowest BCUT2D eigenvalue weighted by Gasteiger charge is -2.04. The van der Waals surface area contributed by atoms with Crippen LogP contribution in [0.3, 0.4) is 0 Å². The minimum atomic E-state index is -0.172. The van der Waals surface area contributed by atoms with Crippen molar-refractivity contribution in [3.05, 3.63) is 65.3 Å². The van der Waals surface area contributed by atoms with Gasteiger partial charge in [-0.1, -0.05) is 53.8 Å². The van der Waals surface area contributed by atoms with E-state index in [2.05, 4.69) is 20.3 Å². The Hall–Kier alpha value is -3.19. The molecule has 0 fully saturated rings. The Kier molecular flexibility index (Phi) is 4.37. The van der Waals surface area contributed by atoms with Crippen molar-refractivity contribution in [3.63, 3.8) is 0 Å². The van der Waals surface area contributed by atoms with Crippen LogP contribution in [0.4, 0.5) is 5.13 Å². The van der Waals surface area contributed by atoms with Gasteiger partial charge in [0.25, 0.3) is 5.91 Å². The molecule has 4 N–H and O–H groups in total. The number of aromatic amines is 1. The average molecular weight is 363 g/mol. The van der Waals surface area contributed by atoms with Crippen LogP contribution in [0.2, 0.25) is 0 Å². The summed E-state index contributed by atoms with van der Waals surface area (Å²) in [7, 11) is 0. The summed E-state index contributed by atoms with van der Waals surface area (Å²) in [6.45, 7) is 0.477. The first kappa shape index (κ1) is 16.3. The Labute approximate surface area is 154 Å². The fourth-order valence-electron chi connectivity index (χ4n) is 2.78. The van der Waals surface area contributed by atoms with E-state index in [-0.39, 0.29) is 5.91 Å². The van der Waals surface area contributed by atoms with Crippen LogP contribution in [-0.4, -0.2) is 27.4 Å². The van der Waals surface area contributed by atoms with E-state index in [1.807, 2.05) is 54.6 Å². The smallest absolute Gasteiger partial charge is 0.263 e. The summed E-state index contributed by atoms with van der Waals surface area (Å²) in [6.07, 6.45) is 0.620. The number of rotatable bonds is 5. The molecular formula is C19H17N5OS.